The lowest BCUT2D eigenvalue weighted by Crippen LogP contribution is -2.35. The number of unbranched alkanes of at least 4 members (excludes halogenated alkanes) is 1. The number of halogens is 1. The average molecular weight is 298 g/mol. The van der Waals surface area contributed by atoms with Crippen LogP contribution in [0, 0.1) is 0 Å². The van der Waals surface area contributed by atoms with Gasteiger partial charge < -0.3 is 16.4 Å². The van der Waals surface area contributed by atoms with Gasteiger partial charge in [0.1, 0.15) is 0 Å². The highest BCUT2D eigenvalue weighted by atomic mass is 35.5. The normalized spacial score (nSPS) is 11.8. The molecular formula is C14H20ClN3O2. The summed E-state index contributed by atoms with van der Waals surface area (Å²) in [6.07, 6.45) is 2.49. The summed E-state index contributed by atoms with van der Waals surface area (Å²) >= 11 is 6.01. The number of nitrogens with two attached hydrogens (primary N) is 1. The van der Waals surface area contributed by atoms with E-state index in [9.17, 15) is 9.59 Å². The van der Waals surface area contributed by atoms with Crippen LogP contribution < -0.4 is 16.4 Å². The van der Waals surface area contributed by atoms with Crippen molar-refractivity contribution in [3.05, 3.63) is 28.8 Å². The van der Waals surface area contributed by atoms with E-state index in [1.165, 1.54) is 13.1 Å². The summed E-state index contributed by atoms with van der Waals surface area (Å²) in [4.78, 5) is 23.5. The van der Waals surface area contributed by atoms with E-state index in [-0.39, 0.29) is 11.8 Å². The summed E-state index contributed by atoms with van der Waals surface area (Å²) in [5.41, 5.74) is 6.61. The Kier molecular flexibility index (Phi) is 6.48. The maximum Gasteiger partial charge on any atom is 0.251 e. The molecule has 0 saturated heterocycles. The number of hydrogen-bond donors (Lipinski definition) is 3. The Hall–Kier alpha value is -1.59. The van der Waals surface area contributed by atoms with Gasteiger partial charge in [-0.15, -0.1) is 0 Å². The number of carbonyl (C=O) groups is 2. The molecule has 0 aromatic heterocycles. The molecule has 0 radical (unpaired) electrons. The third-order valence-corrected chi connectivity index (χ3v) is 3.25. The molecule has 4 N–H and O–H groups in total. The third-order valence-electron chi connectivity index (χ3n) is 2.92. The molecule has 0 aliphatic heterocycles. The molecule has 0 aliphatic carbocycles. The van der Waals surface area contributed by atoms with Gasteiger partial charge in [-0.1, -0.05) is 31.4 Å². The Balaban J connectivity index is 2.80. The molecule has 0 fully saturated rings. The zero-order valence-electron chi connectivity index (χ0n) is 11.7. The molecule has 0 heterocycles. The monoisotopic (exact) mass is 297 g/mol. The second-order valence-corrected chi connectivity index (χ2v) is 4.92. The van der Waals surface area contributed by atoms with Crippen LogP contribution in [-0.4, -0.2) is 24.9 Å². The fraction of sp³-hybridized carbons (Fsp3) is 0.429. The number of nitrogens with one attached hydrogen (secondary N) is 2. The quantitative estimate of drug-likeness (QED) is 0.752. The largest absolute Gasteiger partial charge is 0.355 e. The van der Waals surface area contributed by atoms with Gasteiger partial charge in [-0.25, -0.2) is 0 Å². The van der Waals surface area contributed by atoms with Gasteiger partial charge in [0.15, 0.2) is 0 Å². The molecule has 2 amide bonds. The summed E-state index contributed by atoms with van der Waals surface area (Å²) in [6.45, 7) is 2.04. The minimum atomic E-state index is -0.574. The van der Waals surface area contributed by atoms with E-state index in [0.29, 0.717) is 22.7 Å². The summed E-state index contributed by atoms with van der Waals surface area (Å²) in [7, 11) is 1.54. The van der Waals surface area contributed by atoms with Crippen molar-refractivity contribution in [2.24, 2.45) is 5.73 Å². The van der Waals surface area contributed by atoms with Crippen LogP contribution in [0.15, 0.2) is 18.2 Å². The number of hydrogen-bond acceptors (Lipinski definition) is 3. The van der Waals surface area contributed by atoms with E-state index in [1.807, 2.05) is 6.92 Å². The molecule has 0 bridgehead atoms. The van der Waals surface area contributed by atoms with Gasteiger partial charge in [0, 0.05) is 12.6 Å². The lowest BCUT2D eigenvalue weighted by Gasteiger charge is -2.13. The second kappa shape index (κ2) is 7.87. The first-order chi connectivity index (χ1) is 9.49. The lowest BCUT2D eigenvalue weighted by atomic mass is 10.1. The van der Waals surface area contributed by atoms with E-state index in [1.54, 1.807) is 12.1 Å². The van der Waals surface area contributed by atoms with Gasteiger partial charge in [-0.05, 0) is 24.6 Å². The molecule has 6 heteroatoms. The molecule has 1 atom stereocenters. The Morgan fingerprint density at radius 1 is 1.40 bits per heavy atom. The van der Waals surface area contributed by atoms with Crippen molar-refractivity contribution in [3.63, 3.8) is 0 Å². The Bertz CT molecular complexity index is 491. The van der Waals surface area contributed by atoms with Crippen molar-refractivity contribution < 1.29 is 9.59 Å². The van der Waals surface area contributed by atoms with Gasteiger partial charge >= 0.3 is 0 Å². The van der Waals surface area contributed by atoms with Crippen LogP contribution in [0.25, 0.3) is 0 Å². The van der Waals surface area contributed by atoms with Gasteiger partial charge in [0.05, 0.1) is 16.8 Å². The maximum absolute atomic E-state index is 11.9. The summed E-state index contributed by atoms with van der Waals surface area (Å²) in [5, 5.41) is 5.54. The molecule has 1 rings (SSSR count). The lowest BCUT2D eigenvalue weighted by molar-refractivity contribution is -0.117. The number of carbonyl (C=O) groups excluding carboxylic acids is 2. The fourth-order valence-electron chi connectivity index (χ4n) is 1.69. The molecule has 0 aliphatic rings. The number of benzene rings is 1. The standard InChI is InChI=1S/C14H20ClN3O2/c1-3-4-5-11(16)14(20)18-12-8-9(13(19)17-2)6-7-10(12)15/h6-8,11H,3-5,16H2,1-2H3,(H,17,19)(H,18,20)/t11-/m0/s1. The van der Waals surface area contributed by atoms with Crippen LogP contribution in [0.4, 0.5) is 5.69 Å². The molecule has 0 saturated carbocycles. The van der Waals surface area contributed by atoms with Crippen molar-refractivity contribution in [3.8, 4) is 0 Å². The average Bonchev–Trinajstić information content (AvgIpc) is 2.45. The first-order valence-corrected chi connectivity index (χ1v) is 6.95. The Morgan fingerprint density at radius 2 is 2.10 bits per heavy atom. The third kappa shape index (κ3) is 4.51. The molecule has 0 spiro atoms. The molecule has 1 aromatic rings. The van der Waals surface area contributed by atoms with Crippen LogP contribution in [0.1, 0.15) is 36.5 Å². The summed E-state index contributed by atoms with van der Waals surface area (Å²) in [6, 6.07) is 4.12. The number of rotatable bonds is 6. The summed E-state index contributed by atoms with van der Waals surface area (Å²) < 4.78 is 0. The van der Waals surface area contributed by atoms with E-state index >= 15 is 0 Å². The fourth-order valence-corrected chi connectivity index (χ4v) is 1.85. The zero-order valence-corrected chi connectivity index (χ0v) is 12.5. The van der Waals surface area contributed by atoms with Gasteiger partial charge in [-0.2, -0.15) is 0 Å². The van der Waals surface area contributed by atoms with Crippen LogP contribution in [0.3, 0.4) is 0 Å². The minimum Gasteiger partial charge on any atom is -0.355 e. The van der Waals surface area contributed by atoms with E-state index < -0.39 is 6.04 Å². The van der Waals surface area contributed by atoms with Crippen molar-refractivity contribution >= 4 is 29.1 Å². The highest BCUT2D eigenvalue weighted by Gasteiger charge is 2.15. The van der Waals surface area contributed by atoms with E-state index in [0.717, 1.165) is 12.8 Å². The molecule has 5 nitrogen and oxygen atoms in total. The predicted octanol–water partition coefficient (Wildman–Crippen LogP) is 2.16. The Labute approximate surface area is 123 Å². The first kappa shape index (κ1) is 16.5. The highest BCUT2D eigenvalue weighted by molar-refractivity contribution is 6.34. The van der Waals surface area contributed by atoms with Gasteiger partial charge in [0.2, 0.25) is 5.91 Å². The molecule has 1 aromatic carbocycles. The molecule has 110 valence electrons. The van der Waals surface area contributed by atoms with Crippen molar-refractivity contribution in [2.75, 3.05) is 12.4 Å². The van der Waals surface area contributed by atoms with Crippen molar-refractivity contribution in [1.82, 2.24) is 5.32 Å². The zero-order chi connectivity index (χ0) is 15.1. The molecule has 0 unspecified atom stereocenters. The van der Waals surface area contributed by atoms with E-state index in [4.69, 9.17) is 17.3 Å². The molecular weight excluding hydrogens is 278 g/mol. The number of anilines is 1. The van der Waals surface area contributed by atoms with Crippen molar-refractivity contribution in [1.29, 1.82) is 0 Å². The second-order valence-electron chi connectivity index (χ2n) is 4.51. The maximum atomic E-state index is 11.9. The Morgan fingerprint density at radius 3 is 2.70 bits per heavy atom. The van der Waals surface area contributed by atoms with E-state index in [2.05, 4.69) is 10.6 Å². The first-order valence-electron chi connectivity index (χ1n) is 6.57. The number of amides is 2. The SMILES string of the molecule is CCCC[C@H](N)C(=O)Nc1cc(C(=O)NC)ccc1Cl. The van der Waals surface area contributed by atoms with Crippen LogP contribution in [-0.2, 0) is 4.79 Å². The van der Waals surface area contributed by atoms with Crippen LogP contribution in [0.5, 0.6) is 0 Å². The minimum absolute atomic E-state index is 0.243. The van der Waals surface area contributed by atoms with Crippen molar-refractivity contribution in [2.45, 2.75) is 32.2 Å². The topological polar surface area (TPSA) is 84.2 Å². The smallest absolute Gasteiger partial charge is 0.251 e. The summed E-state index contributed by atoms with van der Waals surface area (Å²) in [5.74, 6) is -0.540. The van der Waals surface area contributed by atoms with Gasteiger partial charge in [-0.3, -0.25) is 9.59 Å². The highest BCUT2D eigenvalue weighted by Crippen LogP contribution is 2.23. The van der Waals surface area contributed by atoms with Crippen LogP contribution in [0.2, 0.25) is 5.02 Å². The van der Waals surface area contributed by atoms with Gasteiger partial charge in [0.25, 0.3) is 5.91 Å². The molecule has 20 heavy (non-hydrogen) atoms. The predicted molar refractivity (Wildman–Crippen MR) is 81.0 cm³/mol. The van der Waals surface area contributed by atoms with Crippen LogP contribution >= 0.6 is 11.6 Å².